The van der Waals surface area contributed by atoms with Crippen LogP contribution in [0.4, 0.5) is 5.69 Å². The van der Waals surface area contributed by atoms with Gasteiger partial charge in [-0.05, 0) is 18.8 Å². The number of halogens is 2. The zero-order chi connectivity index (χ0) is 10.8. The van der Waals surface area contributed by atoms with Gasteiger partial charge in [0.05, 0.1) is 5.69 Å². The summed E-state index contributed by atoms with van der Waals surface area (Å²) in [5.74, 6) is 0.696. The molecule has 1 aromatic heterocycles. The predicted octanol–water partition coefficient (Wildman–Crippen LogP) is 3.02. The fourth-order valence-electron chi connectivity index (χ4n) is 1.97. The van der Waals surface area contributed by atoms with E-state index in [0.717, 1.165) is 18.8 Å². The Bertz CT molecular complexity index is 357. The molecule has 1 atom stereocenters. The molecule has 0 aliphatic carbocycles. The van der Waals surface area contributed by atoms with E-state index in [-0.39, 0.29) is 0 Å². The fourth-order valence-corrected chi connectivity index (χ4v) is 2.33. The number of nitrogens with zero attached hydrogens (tertiary/aromatic N) is 3. The minimum Gasteiger partial charge on any atom is -0.369 e. The van der Waals surface area contributed by atoms with Crippen LogP contribution in [0, 0.1) is 5.92 Å². The molecule has 1 aromatic rings. The summed E-state index contributed by atoms with van der Waals surface area (Å²) in [5.41, 5.74) is 0.906. The van der Waals surface area contributed by atoms with Crippen LogP contribution in [0.5, 0.6) is 0 Å². The van der Waals surface area contributed by atoms with Crippen LogP contribution < -0.4 is 4.90 Å². The summed E-state index contributed by atoms with van der Waals surface area (Å²) >= 11 is 11.8. The molecule has 2 heterocycles. The first-order valence-corrected chi connectivity index (χ1v) is 5.86. The second kappa shape index (κ2) is 4.54. The maximum absolute atomic E-state index is 6.00. The average Bonchev–Trinajstić information content (AvgIpc) is 2.22. The van der Waals surface area contributed by atoms with E-state index in [9.17, 15) is 0 Å². The highest BCUT2D eigenvalue weighted by atomic mass is 35.5. The molecule has 1 aliphatic heterocycles. The zero-order valence-electron chi connectivity index (χ0n) is 8.58. The second-order valence-electron chi connectivity index (χ2n) is 4.04. The molecule has 2 rings (SSSR count). The van der Waals surface area contributed by atoms with Gasteiger partial charge in [-0.3, -0.25) is 0 Å². The maximum Gasteiger partial charge on any atom is 0.175 e. The number of piperidine rings is 1. The molecule has 1 unspecified atom stereocenters. The molecular weight excluding hydrogens is 233 g/mol. The highest BCUT2D eigenvalue weighted by molar-refractivity contribution is 6.33. The van der Waals surface area contributed by atoms with Gasteiger partial charge in [0.15, 0.2) is 10.3 Å². The smallest absolute Gasteiger partial charge is 0.175 e. The number of rotatable bonds is 1. The normalized spacial score (nSPS) is 21.8. The third-order valence-corrected chi connectivity index (χ3v) is 3.15. The van der Waals surface area contributed by atoms with Gasteiger partial charge < -0.3 is 4.90 Å². The standard InChI is InChI=1S/C10H13Cl2N3/c1-7-3-2-4-15(6-7)8-5-9(11)13-14-10(8)12/h5,7H,2-4,6H2,1H3. The highest BCUT2D eigenvalue weighted by Crippen LogP contribution is 2.29. The van der Waals surface area contributed by atoms with Crippen molar-refractivity contribution in [3.8, 4) is 0 Å². The van der Waals surface area contributed by atoms with Crippen LogP contribution in [0.2, 0.25) is 10.3 Å². The lowest BCUT2D eigenvalue weighted by Crippen LogP contribution is -2.34. The van der Waals surface area contributed by atoms with Gasteiger partial charge in [-0.2, -0.15) is 0 Å². The molecule has 15 heavy (non-hydrogen) atoms. The van der Waals surface area contributed by atoms with Crippen LogP contribution in [0.3, 0.4) is 0 Å². The van der Waals surface area contributed by atoms with E-state index in [1.165, 1.54) is 12.8 Å². The Morgan fingerprint density at radius 2 is 2.20 bits per heavy atom. The van der Waals surface area contributed by atoms with Gasteiger partial charge >= 0.3 is 0 Å². The second-order valence-corrected chi connectivity index (χ2v) is 4.78. The molecule has 1 aliphatic rings. The summed E-state index contributed by atoms with van der Waals surface area (Å²) in [6, 6.07) is 1.79. The number of aromatic nitrogens is 2. The highest BCUT2D eigenvalue weighted by Gasteiger charge is 2.19. The van der Waals surface area contributed by atoms with Crippen molar-refractivity contribution >= 4 is 28.9 Å². The molecule has 1 saturated heterocycles. The average molecular weight is 246 g/mol. The Morgan fingerprint density at radius 3 is 2.93 bits per heavy atom. The molecule has 5 heteroatoms. The van der Waals surface area contributed by atoms with Crippen LogP contribution >= 0.6 is 23.2 Å². The van der Waals surface area contributed by atoms with Gasteiger partial charge in [0.25, 0.3) is 0 Å². The molecule has 1 fully saturated rings. The molecular formula is C10H13Cl2N3. The minimum absolute atomic E-state index is 0.396. The largest absolute Gasteiger partial charge is 0.369 e. The van der Waals surface area contributed by atoms with Crippen molar-refractivity contribution < 1.29 is 0 Å². The van der Waals surface area contributed by atoms with Gasteiger partial charge in [-0.15, -0.1) is 10.2 Å². The van der Waals surface area contributed by atoms with Gasteiger partial charge in [-0.25, -0.2) is 0 Å². The first-order valence-electron chi connectivity index (χ1n) is 5.10. The summed E-state index contributed by atoms with van der Waals surface area (Å²) in [6.45, 7) is 4.28. The molecule has 0 N–H and O–H groups in total. The van der Waals surface area contributed by atoms with Crippen LogP contribution in [0.1, 0.15) is 19.8 Å². The van der Waals surface area contributed by atoms with Gasteiger partial charge in [0, 0.05) is 19.2 Å². The number of anilines is 1. The minimum atomic E-state index is 0.396. The van der Waals surface area contributed by atoms with E-state index < -0.39 is 0 Å². The van der Waals surface area contributed by atoms with Crippen molar-refractivity contribution in [3.63, 3.8) is 0 Å². The Labute approximate surface area is 99.4 Å². The maximum atomic E-state index is 6.00. The summed E-state index contributed by atoms with van der Waals surface area (Å²) < 4.78 is 0. The third-order valence-electron chi connectivity index (χ3n) is 2.70. The van der Waals surface area contributed by atoms with Gasteiger partial charge in [-0.1, -0.05) is 30.1 Å². The molecule has 0 aromatic carbocycles. The monoisotopic (exact) mass is 245 g/mol. The molecule has 0 amide bonds. The third kappa shape index (κ3) is 2.52. The summed E-state index contributed by atoms with van der Waals surface area (Å²) in [4.78, 5) is 2.23. The van der Waals surface area contributed by atoms with E-state index in [1.54, 1.807) is 6.07 Å². The van der Waals surface area contributed by atoms with Crippen molar-refractivity contribution in [1.29, 1.82) is 0 Å². The zero-order valence-corrected chi connectivity index (χ0v) is 10.1. The molecule has 0 radical (unpaired) electrons. The SMILES string of the molecule is CC1CCCN(c2cc(Cl)nnc2Cl)C1. The van der Waals surface area contributed by atoms with E-state index in [2.05, 4.69) is 22.0 Å². The van der Waals surface area contributed by atoms with Crippen LogP contribution in [-0.2, 0) is 0 Å². The van der Waals surface area contributed by atoms with Gasteiger partial charge in [0.1, 0.15) is 0 Å². The van der Waals surface area contributed by atoms with Gasteiger partial charge in [0.2, 0.25) is 0 Å². The predicted molar refractivity (Wildman–Crippen MR) is 62.7 cm³/mol. The molecule has 0 spiro atoms. The van der Waals surface area contributed by atoms with Crippen molar-refractivity contribution in [3.05, 3.63) is 16.4 Å². The Hall–Kier alpha value is -0.540. The lowest BCUT2D eigenvalue weighted by molar-refractivity contribution is 0.446. The molecule has 82 valence electrons. The fraction of sp³-hybridized carbons (Fsp3) is 0.600. The van der Waals surface area contributed by atoms with Crippen LogP contribution in [0.25, 0.3) is 0 Å². The summed E-state index contributed by atoms with van der Waals surface area (Å²) in [6.07, 6.45) is 2.47. The molecule has 0 bridgehead atoms. The van der Waals surface area contributed by atoms with Crippen molar-refractivity contribution in [1.82, 2.24) is 10.2 Å². The van der Waals surface area contributed by atoms with E-state index in [4.69, 9.17) is 23.2 Å². The van der Waals surface area contributed by atoms with Crippen molar-refractivity contribution in [2.24, 2.45) is 5.92 Å². The Balaban J connectivity index is 2.24. The number of hydrogen-bond donors (Lipinski definition) is 0. The first kappa shape index (κ1) is 11.0. The molecule has 0 saturated carbocycles. The van der Waals surface area contributed by atoms with Crippen LogP contribution in [-0.4, -0.2) is 23.3 Å². The van der Waals surface area contributed by atoms with E-state index >= 15 is 0 Å². The first-order chi connectivity index (χ1) is 7.16. The lowest BCUT2D eigenvalue weighted by atomic mass is 10.00. The Kier molecular flexibility index (Phi) is 3.32. The van der Waals surface area contributed by atoms with E-state index in [1.807, 2.05) is 0 Å². The molecule has 3 nitrogen and oxygen atoms in total. The topological polar surface area (TPSA) is 29.0 Å². The summed E-state index contributed by atoms with van der Waals surface area (Å²) in [7, 11) is 0. The van der Waals surface area contributed by atoms with E-state index in [0.29, 0.717) is 16.2 Å². The van der Waals surface area contributed by atoms with Crippen LogP contribution in [0.15, 0.2) is 6.07 Å². The van der Waals surface area contributed by atoms with Crippen molar-refractivity contribution in [2.75, 3.05) is 18.0 Å². The van der Waals surface area contributed by atoms with Crippen molar-refractivity contribution in [2.45, 2.75) is 19.8 Å². The Morgan fingerprint density at radius 1 is 1.40 bits per heavy atom. The summed E-state index contributed by atoms with van der Waals surface area (Å²) in [5, 5.41) is 8.37. The number of hydrogen-bond acceptors (Lipinski definition) is 3. The quantitative estimate of drug-likeness (QED) is 0.762. The lowest BCUT2D eigenvalue weighted by Gasteiger charge is -2.32.